The van der Waals surface area contributed by atoms with Crippen LogP contribution in [0.15, 0.2) is 0 Å². The summed E-state index contributed by atoms with van der Waals surface area (Å²) < 4.78 is 4.39. The molecule has 0 aromatic carbocycles. The lowest BCUT2D eigenvalue weighted by atomic mass is 10.2. The average molecular weight is 226 g/mol. The molecule has 1 atom stereocenters. The Balaban J connectivity index is 1.95. The standard InChI is InChI=1S/C10H18N4S/c1-7(5-11)6-14(2)10-12-9(13-15-10)8-3-4-8/h7-8H,3-6,11H2,1-2H3. The Kier molecular flexibility index (Phi) is 3.21. The highest BCUT2D eigenvalue weighted by atomic mass is 32.1. The maximum Gasteiger partial charge on any atom is 0.204 e. The zero-order chi connectivity index (χ0) is 10.8. The highest BCUT2D eigenvalue weighted by Crippen LogP contribution is 2.39. The van der Waals surface area contributed by atoms with Crippen LogP contribution in [-0.2, 0) is 0 Å². The molecule has 0 spiro atoms. The summed E-state index contributed by atoms with van der Waals surface area (Å²) in [7, 11) is 2.06. The predicted octanol–water partition coefficient (Wildman–Crippen LogP) is 1.45. The van der Waals surface area contributed by atoms with Crippen molar-refractivity contribution in [1.82, 2.24) is 9.36 Å². The van der Waals surface area contributed by atoms with Gasteiger partial charge in [-0.2, -0.15) is 4.37 Å². The second kappa shape index (κ2) is 4.45. The molecule has 2 N–H and O–H groups in total. The van der Waals surface area contributed by atoms with Gasteiger partial charge < -0.3 is 10.6 Å². The lowest BCUT2D eigenvalue weighted by Gasteiger charge is -2.18. The summed E-state index contributed by atoms with van der Waals surface area (Å²) in [4.78, 5) is 6.71. The second-order valence-electron chi connectivity index (χ2n) is 4.43. The molecule has 0 amide bonds. The van der Waals surface area contributed by atoms with Gasteiger partial charge in [-0.3, -0.25) is 0 Å². The van der Waals surface area contributed by atoms with E-state index in [0.29, 0.717) is 11.8 Å². The quantitative estimate of drug-likeness (QED) is 0.825. The molecule has 15 heavy (non-hydrogen) atoms. The molecule has 2 rings (SSSR count). The van der Waals surface area contributed by atoms with E-state index < -0.39 is 0 Å². The zero-order valence-electron chi connectivity index (χ0n) is 9.31. The maximum atomic E-state index is 5.60. The molecule has 1 aliphatic rings. The minimum absolute atomic E-state index is 0.503. The largest absolute Gasteiger partial charge is 0.350 e. The normalized spacial score (nSPS) is 17.8. The molecule has 1 aromatic heterocycles. The molecule has 1 saturated carbocycles. The lowest BCUT2D eigenvalue weighted by Crippen LogP contribution is -2.28. The number of aromatic nitrogens is 2. The Morgan fingerprint density at radius 3 is 2.93 bits per heavy atom. The van der Waals surface area contributed by atoms with E-state index in [1.807, 2.05) is 0 Å². The van der Waals surface area contributed by atoms with Gasteiger partial charge in [0.15, 0.2) is 0 Å². The van der Waals surface area contributed by atoms with Crippen molar-refractivity contribution in [3.05, 3.63) is 5.82 Å². The number of nitrogens with two attached hydrogens (primary N) is 1. The molecule has 5 heteroatoms. The first-order valence-corrected chi connectivity index (χ1v) is 6.23. The van der Waals surface area contributed by atoms with Crippen LogP contribution >= 0.6 is 11.5 Å². The monoisotopic (exact) mass is 226 g/mol. The van der Waals surface area contributed by atoms with E-state index >= 15 is 0 Å². The van der Waals surface area contributed by atoms with Gasteiger partial charge in [0.2, 0.25) is 5.13 Å². The van der Waals surface area contributed by atoms with Gasteiger partial charge in [0.1, 0.15) is 5.82 Å². The minimum Gasteiger partial charge on any atom is -0.350 e. The molecule has 0 radical (unpaired) electrons. The van der Waals surface area contributed by atoms with Crippen molar-refractivity contribution in [2.45, 2.75) is 25.7 Å². The smallest absolute Gasteiger partial charge is 0.204 e. The van der Waals surface area contributed by atoms with Crippen LogP contribution in [0.25, 0.3) is 0 Å². The van der Waals surface area contributed by atoms with E-state index in [4.69, 9.17) is 5.73 Å². The summed E-state index contributed by atoms with van der Waals surface area (Å²) in [5.41, 5.74) is 5.60. The number of hydrogen-bond donors (Lipinski definition) is 1. The maximum absolute atomic E-state index is 5.60. The first-order valence-electron chi connectivity index (χ1n) is 5.45. The fourth-order valence-electron chi connectivity index (χ4n) is 1.51. The van der Waals surface area contributed by atoms with E-state index in [2.05, 4.69) is 28.2 Å². The van der Waals surface area contributed by atoms with Crippen LogP contribution in [0.2, 0.25) is 0 Å². The summed E-state index contributed by atoms with van der Waals surface area (Å²) in [5, 5.41) is 1.03. The van der Waals surface area contributed by atoms with E-state index in [1.165, 1.54) is 24.4 Å². The van der Waals surface area contributed by atoms with Gasteiger partial charge in [-0.05, 0) is 25.3 Å². The van der Waals surface area contributed by atoms with Crippen LogP contribution in [-0.4, -0.2) is 29.5 Å². The van der Waals surface area contributed by atoms with Gasteiger partial charge in [-0.15, -0.1) is 0 Å². The van der Waals surface area contributed by atoms with Crippen molar-refractivity contribution in [1.29, 1.82) is 0 Å². The van der Waals surface area contributed by atoms with Crippen molar-refractivity contribution in [2.75, 3.05) is 25.0 Å². The Morgan fingerprint density at radius 2 is 2.33 bits per heavy atom. The van der Waals surface area contributed by atoms with Crippen molar-refractivity contribution in [3.63, 3.8) is 0 Å². The van der Waals surface area contributed by atoms with Gasteiger partial charge in [0.05, 0.1) is 0 Å². The lowest BCUT2D eigenvalue weighted by molar-refractivity contribution is 0.589. The Labute approximate surface area is 94.7 Å². The van der Waals surface area contributed by atoms with Crippen LogP contribution in [0.4, 0.5) is 5.13 Å². The van der Waals surface area contributed by atoms with Crippen molar-refractivity contribution in [2.24, 2.45) is 11.7 Å². The summed E-state index contributed by atoms with van der Waals surface area (Å²) in [6.07, 6.45) is 2.53. The van der Waals surface area contributed by atoms with Crippen LogP contribution in [0.3, 0.4) is 0 Å². The molecule has 1 aliphatic carbocycles. The minimum atomic E-state index is 0.503. The van der Waals surface area contributed by atoms with Crippen LogP contribution in [0, 0.1) is 5.92 Å². The van der Waals surface area contributed by atoms with E-state index in [1.54, 1.807) is 0 Å². The van der Waals surface area contributed by atoms with Gasteiger partial charge in [0, 0.05) is 31.0 Å². The third-order valence-corrected chi connectivity index (χ3v) is 3.53. The fraction of sp³-hybridized carbons (Fsp3) is 0.800. The Morgan fingerprint density at radius 1 is 1.60 bits per heavy atom. The third-order valence-electron chi connectivity index (χ3n) is 2.69. The molecule has 1 unspecified atom stereocenters. The van der Waals surface area contributed by atoms with Crippen molar-refractivity contribution >= 4 is 16.7 Å². The van der Waals surface area contributed by atoms with Crippen LogP contribution in [0.5, 0.6) is 0 Å². The summed E-state index contributed by atoms with van der Waals surface area (Å²) in [5.74, 6) is 2.20. The molecule has 1 fully saturated rings. The first kappa shape index (κ1) is 10.8. The van der Waals surface area contributed by atoms with Gasteiger partial charge in [-0.25, -0.2) is 4.98 Å². The highest BCUT2D eigenvalue weighted by Gasteiger charge is 2.28. The Bertz CT molecular complexity index is 321. The number of anilines is 1. The summed E-state index contributed by atoms with van der Waals surface area (Å²) in [6, 6.07) is 0. The average Bonchev–Trinajstić information content (AvgIpc) is 2.96. The molecule has 0 bridgehead atoms. The van der Waals surface area contributed by atoms with Crippen molar-refractivity contribution in [3.8, 4) is 0 Å². The second-order valence-corrected chi connectivity index (χ2v) is 5.16. The Hall–Kier alpha value is -0.680. The molecule has 84 valence electrons. The van der Waals surface area contributed by atoms with Gasteiger partial charge >= 0.3 is 0 Å². The zero-order valence-corrected chi connectivity index (χ0v) is 10.1. The number of hydrogen-bond acceptors (Lipinski definition) is 5. The summed E-state index contributed by atoms with van der Waals surface area (Å²) >= 11 is 1.50. The molecule has 0 aliphatic heterocycles. The predicted molar refractivity (Wildman–Crippen MR) is 63.4 cm³/mol. The van der Waals surface area contributed by atoms with Crippen LogP contribution < -0.4 is 10.6 Å². The highest BCUT2D eigenvalue weighted by molar-refractivity contribution is 7.09. The molecule has 0 saturated heterocycles. The molecule has 1 aromatic rings. The van der Waals surface area contributed by atoms with Gasteiger partial charge in [-0.1, -0.05) is 6.92 Å². The van der Waals surface area contributed by atoms with E-state index in [0.717, 1.165) is 24.0 Å². The van der Waals surface area contributed by atoms with Gasteiger partial charge in [0.25, 0.3) is 0 Å². The molecular formula is C10H18N4S. The molecular weight excluding hydrogens is 208 g/mol. The third kappa shape index (κ3) is 2.66. The molecule has 1 heterocycles. The van der Waals surface area contributed by atoms with E-state index in [-0.39, 0.29) is 0 Å². The summed E-state index contributed by atoms with van der Waals surface area (Å²) in [6.45, 7) is 3.83. The SMILES string of the molecule is CC(CN)CN(C)c1nc(C2CC2)ns1. The number of rotatable bonds is 5. The topological polar surface area (TPSA) is 55.0 Å². The molecule has 4 nitrogen and oxygen atoms in total. The van der Waals surface area contributed by atoms with Crippen molar-refractivity contribution < 1.29 is 0 Å². The number of nitrogens with zero attached hydrogens (tertiary/aromatic N) is 3. The fourth-order valence-corrected chi connectivity index (χ4v) is 2.22. The first-order chi connectivity index (χ1) is 7.20. The van der Waals surface area contributed by atoms with Crippen LogP contribution in [0.1, 0.15) is 31.5 Å². The van der Waals surface area contributed by atoms with E-state index in [9.17, 15) is 0 Å².